The van der Waals surface area contributed by atoms with E-state index in [9.17, 15) is 22.8 Å². The Balaban J connectivity index is 2.10. The van der Waals surface area contributed by atoms with Crippen molar-refractivity contribution in [1.29, 1.82) is 0 Å². The van der Waals surface area contributed by atoms with E-state index in [1.165, 1.54) is 7.11 Å². The molecule has 0 saturated heterocycles. The van der Waals surface area contributed by atoms with Gasteiger partial charge in [0.05, 0.1) is 23.8 Å². The summed E-state index contributed by atoms with van der Waals surface area (Å²) < 4.78 is 47.7. The summed E-state index contributed by atoms with van der Waals surface area (Å²) >= 11 is 0. The van der Waals surface area contributed by atoms with Gasteiger partial charge in [-0.05, 0) is 35.4 Å². The van der Waals surface area contributed by atoms with Crippen LogP contribution in [0.3, 0.4) is 0 Å². The van der Waals surface area contributed by atoms with Crippen molar-refractivity contribution in [2.45, 2.75) is 6.18 Å². The van der Waals surface area contributed by atoms with Gasteiger partial charge >= 0.3 is 18.1 Å². The third-order valence-corrected chi connectivity index (χ3v) is 3.72. The fourth-order valence-electron chi connectivity index (χ4n) is 2.50. The van der Waals surface area contributed by atoms with Gasteiger partial charge in [-0.3, -0.25) is 0 Å². The lowest BCUT2D eigenvalue weighted by atomic mass is 9.95. The van der Waals surface area contributed by atoms with Gasteiger partial charge in [0.2, 0.25) is 0 Å². The van der Waals surface area contributed by atoms with E-state index in [0.717, 1.165) is 24.3 Å². The fraction of sp³-hybridized carbons (Fsp3) is 0.111. The number of alkyl halides is 3. The third-order valence-electron chi connectivity index (χ3n) is 3.72. The molecule has 2 aromatic rings. The summed E-state index contributed by atoms with van der Waals surface area (Å²) in [4.78, 5) is 24.1. The molecule has 7 heteroatoms. The molecule has 25 heavy (non-hydrogen) atoms. The van der Waals surface area contributed by atoms with Crippen molar-refractivity contribution in [3.05, 3.63) is 65.2 Å². The Kier molecular flexibility index (Phi) is 4.08. The first-order valence-corrected chi connectivity index (χ1v) is 7.14. The van der Waals surface area contributed by atoms with Gasteiger partial charge in [0, 0.05) is 0 Å². The van der Waals surface area contributed by atoms with E-state index in [0.29, 0.717) is 11.3 Å². The Hall–Kier alpha value is -3.09. The van der Waals surface area contributed by atoms with Gasteiger partial charge in [-0.25, -0.2) is 9.59 Å². The predicted molar refractivity (Wildman–Crippen MR) is 82.4 cm³/mol. The number of methoxy groups -OCH3 is 1. The number of ether oxygens (including phenoxy) is 2. The molecule has 2 aromatic carbocycles. The monoisotopic (exact) mass is 348 g/mol. The molecule has 0 aromatic heterocycles. The fourth-order valence-corrected chi connectivity index (χ4v) is 2.50. The Bertz CT molecular complexity index is 863. The van der Waals surface area contributed by atoms with Crippen LogP contribution in [0.15, 0.2) is 48.5 Å². The number of halogens is 3. The molecule has 0 unspecified atom stereocenters. The average Bonchev–Trinajstić information content (AvgIpc) is 2.88. The molecule has 0 aliphatic carbocycles. The summed E-state index contributed by atoms with van der Waals surface area (Å²) in [5.74, 6) is -1.18. The molecule has 0 atom stereocenters. The molecule has 0 fully saturated rings. The van der Waals surface area contributed by atoms with Gasteiger partial charge in [-0.15, -0.1) is 0 Å². The van der Waals surface area contributed by atoms with Crippen molar-refractivity contribution >= 4 is 23.1 Å². The lowest BCUT2D eigenvalue weighted by Gasteiger charge is -2.08. The largest absolute Gasteiger partial charge is 0.497 e. The van der Waals surface area contributed by atoms with Crippen LogP contribution < -0.4 is 4.74 Å². The van der Waals surface area contributed by atoms with Crippen LogP contribution in [0, 0.1) is 0 Å². The Morgan fingerprint density at radius 3 is 1.64 bits per heavy atom. The van der Waals surface area contributed by atoms with Crippen molar-refractivity contribution in [3.8, 4) is 5.75 Å². The first kappa shape index (κ1) is 16.8. The van der Waals surface area contributed by atoms with Gasteiger partial charge in [-0.1, -0.05) is 24.3 Å². The van der Waals surface area contributed by atoms with Crippen LogP contribution in [0.4, 0.5) is 13.2 Å². The minimum Gasteiger partial charge on any atom is -0.497 e. The number of carbonyl (C=O) groups excluding carboxylic acids is 2. The minimum absolute atomic E-state index is 0.00686. The van der Waals surface area contributed by atoms with Crippen LogP contribution in [-0.2, 0) is 20.5 Å². The van der Waals surface area contributed by atoms with Crippen LogP contribution in [0.25, 0.3) is 11.1 Å². The molecule has 0 bridgehead atoms. The van der Waals surface area contributed by atoms with Crippen molar-refractivity contribution < 1.29 is 32.2 Å². The molecule has 0 spiro atoms. The average molecular weight is 348 g/mol. The topological polar surface area (TPSA) is 52.6 Å². The van der Waals surface area contributed by atoms with Crippen molar-refractivity contribution in [1.82, 2.24) is 0 Å². The molecular weight excluding hydrogens is 337 g/mol. The summed E-state index contributed by atoms with van der Waals surface area (Å²) in [6.45, 7) is 0. The van der Waals surface area contributed by atoms with Gasteiger partial charge in [0.15, 0.2) is 0 Å². The maximum atomic E-state index is 12.7. The predicted octanol–water partition coefficient (Wildman–Crippen LogP) is 3.71. The zero-order chi connectivity index (χ0) is 18.2. The van der Waals surface area contributed by atoms with E-state index in [-0.39, 0.29) is 16.7 Å². The Morgan fingerprint density at radius 1 is 0.800 bits per heavy atom. The molecular formula is C18H11F3O4. The summed E-state index contributed by atoms with van der Waals surface area (Å²) in [5.41, 5.74) is -0.321. The number of benzene rings is 2. The van der Waals surface area contributed by atoms with Gasteiger partial charge < -0.3 is 9.47 Å². The highest BCUT2D eigenvalue weighted by Gasteiger charge is 2.36. The molecule has 0 radical (unpaired) electrons. The number of esters is 2. The summed E-state index contributed by atoms with van der Waals surface area (Å²) in [5, 5.41) is 0. The highest BCUT2D eigenvalue weighted by atomic mass is 19.4. The first-order chi connectivity index (χ1) is 11.8. The lowest BCUT2D eigenvalue weighted by Crippen LogP contribution is -2.05. The van der Waals surface area contributed by atoms with Crippen molar-refractivity contribution in [2.24, 2.45) is 0 Å². The number of carbonyl (C=O) groups is 2. The van der Waals surface area contributed by atoms with Crippen molar-refractivity contribution in [2.75, 3.05) is 7.11 Å². The first-order valence-electron chi connectivity index (χ1n) is 7.14. The zero-order valence-electron chi connectivity index (χ0n) is 12.9. The second-order valence-electron chi connectivity index (χ2n) is 5.23. The van der Waals surface area contributed by atoms with E-state index >= 15 is 0 Å². The zero-order valence-corrected chi connectivity index (χ0v) is 12.9. The van der Waals surface area contributed by atoms with Crippen LogP contribution in [0.5, 0.6) is 5.75 Å². The number of rotatable bonds is 3. The number of hydrogen-bond donors (Lipinski definition) is 0. The van der Waals surface area contributed by atoms with E-state index in [1.807, 2.05) is 0 Å². The molecule has 0 N–H and O–H groups in total. The number of cyclic esters (lactones) is 2. The smallest absolute Gasteiger partial charge is 0.416 e. The number of hydrogen-bond acceptors (Lipinski definition) is 4. The minimum atomic E-state index is -4.49. The normalized spacial score (nSPS) is 14.7. The van der Waals surface area contributed by atoms with Crippen LogP contribution >= 0.6 is 0 Å². The quantitative estimate of drug-likeness (QED) is 0.627. The summed E-state index contributed by atoms with van der Waals surface area (Å²) in [7, 11) is 1.48. The maximum absolute atomic E-state index is 12.7. The second-order valence-corrected chi connectivity index (χ2v) is 5.23. The van der Waals surface area contributed by atoms with Crippen molar-refractivity contribution in [3.63, 3.8) is 0 Å². The lowest BCUT2D eigenvalue weighted by molar-refractivity contribution is -0.149. The molecule has 0 saturated carbocycles. The van der Waals surface area contributed by atoms with Gasteiger partial charge in [0.25, 0.3) is 0 Å². The molecule has 3 rings (SSSR count). The second kappa shape index (κ2) is 6.08. The molecule has 0 amide bonds. The highest BCUT2D eigenvalue weighted by Crippen LogP contribution is 2.36. The van der Waals surface area contributed by atoms with Gasteiger partial charge in [-0.2, -0.15) is 13.2 Å². The molecule has 1 aliphatic rings. The van der Waals surface area contributed by atoms with Crippen LogP contribution in [-0.4, -0.2) is 19.0 Å². The molecule has 1 heterocycles. The maximum Gasteiger partial charge on any atom is 0.416 e. The molecule has 128 valence electrons. The summed E-state index contributed by atoms with van der Waals surface area (Å²) in [6, 6.07) is 10.3. The van der Waals surface area contributed by atoms with Crippen LogP contribution in [0.2, 0.25) is 0 Å². The van der Waals surface area contributed by atoms with Crippen LogP contribution in [0.1, 0.15) is 16.7 Å². The van der Waals surface area contributed by atoms with Gasteiger partial charge in [0.1, 0.15) is 5.75 Å². The SMILES string of the molecule is COc1ccc(C2=C(c3ccc(C(F)(F)F)cc3)C(=O)OC2=O)cc1. The Labute approximate surface area is 140 Å². The Morgan fingerprint density at radius 2 is 1.24 bits per heavy atom. The van der Waals surface area contributed by atoms with E-state index in [1.54, 1.807) is 24.3 Å². The standard InChI is InChI=1S/C18H11F3O4/c1-24-13-8-4-11(5-9-13)15-14(16(22)25-17(15)23)10-2-6-12(7-3-10)18(19,20)21/h2-9H,1H3. The molecule has 1 aliphatic heterocycles. The summed E-state index contributed by atoms with van der Waals surface area (Å²) in [6.07, 6.45) is -4.49. The van der Waals surface area contributed by atoms with E-state index in [2.05, 4.69) is 4.74 Å². The van der Waals surface area contributed by atoms with E-state index < -0.39 is 23.7 Å². The third kappa shape index (κ3) is 3.13. The molecule has 4 nitrogen and oxygen atoms in total. The van der Waals surface area contributed by atoms with E-state index in [4.69, 9.17) is 4.74 Å². The highest BCUT2D eigenvalue weighted by molar-refractivity contribution is 6.44.